The zero-order valence-electron chi connectivity index (χ0n) is 14.5. The van der Waals surface area contributed by atoms with Crippen LogP contribution in [0.5, 0.6) is 0 Å². The molecule has 0 aromatic carbocycles. The van der Waals surface area contributed by atoms with E-state index in [1.165, 1.54) is 6.42 Å². The van der Waals surface area contributed by atoms with Crippen molar-refractivity contribution < 1.29 is 13.9 Å². The van der Waals surface area contributed by atoms with Gasteiger partial charge in [0.1, 0.15) is 23.1 Å². The summed E-state index contributed by atoms with van der Waals surface area (Å²) in [7, 11) is 0. The van der Waals surface area contributed by atoms with Gasteiger partial charge in [-0.05, 0) is 37.5 Å². The summed E-state index contributed by atoms with van der Waals surface area (Å²) in [6.07, 6.45) is 2.88. The van der Waals surface area contributed by atoms with E-state index >= 15 is 0 Å². The number of anilines is 1. The summed E-state index contributed by atoms with van der Waals surface area (Å²) < 4.78 is 13.1. The van der Waals surface area contributed by atoms with Gasteiger partial charge in [0.05, 0.1) is 31.7 Å². The highest BCUT2D eigenvalue weighted by atomic mass is 16.3. The number of rotatable bonds is 7. The lowest BCUT2D eigenvalue weighted by molar-refractivity contribution is 0.270. The molecule has 0 spiro atoms. The van der Waals surface area contributed by atoms with Crippen LogP contribution >= 0.6 is 0 Å². The molecule has 2 N–H and O–H groups in total. The van der Waals surface area contributed by atoms with Gasteiger partial charge in [-0.2, -0.15) is 5.10 Å². The molecular formula is C19H23N3O3. The van der Waals surface area contributed by atoms with Crippen LogP contribution in [0.2, 0.25) is 0 Å². The standard InChI is InChI=1S/C19H23N3O3/c1-12-9-16(12)18-4-3-14(25-18)11-20-19-10-17(21-22(19)6-7-23)15-5-8-24-13(15)2/h3-5,8,10,12,16,20,23H,6-7,9,11H2,1-2H3. The Balaban J connectivity index is 1.50. The molecule has 1 fully saturated rings. The van der Waals surface area contributed by atoms with Gasteiger partial charge in [0.15, 0.2) is 0 Å². The molecule has 6 nitrogen and oxygen atoms in total. The summed E-state index contributed by atoms with van der Waals surface area (Å²) >= 11 is 0. The first-order valence-electron chi connectivity index (χ1n) is 8.71. The van der Waals surface area contributed by atoms with Gasteiger partial charge in [-0.15, -0.1) is 0 Å². The van der Waals surface area contributed by atoms with Gasteiger partial charge < -0.3 is 19.3 Å². The highest BCUT2D eigenvalue weighted by Gasteiger charge is 2.36. The molecule has 3 heterocycles. The molecule has 1 aliphatic carbocycles. The van der Waals surface area contributed by atoms with Crippen molar-refractivity contribution in [2.45, 2.75) is 39.3 Å². The second-order valence-corrected chi connectivity index (χ2v) is 6.73. The smallest absolute Gasteiger partial charge is 0.125 e. The number of nitrogens with zero attached hydrogens (tertiary/aromatic N) is 2. The van der Waals surface area contributed by atoms with Gasteiger partial charge in [0.2, 0.25) is 0 Å². The Hall–Kier alpha value is -2.47. The van der Waals surface area contributed by atoms with Crippen LogP contribution in [0.15, 0.2) is 39.4 Å². The van der Waals surface area contributed by atoms with Gasteiger partial charge >= 0.3 is 0 Å². The molecule has 0 aliphatic heterocycles. The number of aliphatic hydroxyl groups excluding tert-OH is 1. The van der Waals surface area contributed by atoms with Crippen molar-refractivity contribution in [3.05, 3.63) is 47.8 Å². The summed E-state index contributed by atoms with van der Waals surface area (Å²) in [6, 6.07) is 7.98. The lowest BCUT2D eigenvalue weighted by Gasteiger charge is -2.07. The molecule has 2 atom stereocenters. The molecule has 0 bridgehead atoms. The first-order valence-corrected chi connectivity index (χ1v) is 8.71. The highest BCUT2D eigenvalue weighted by molar-refractivity contribution is 5.64. The van der Waals surface area contributed by atoms with Crippen molar-refractivity contribution in [3.8, 4) is 11.3 Å². The molecule has 6 heteroatoms. The Bertz CT molecular complexity index is 861. The SMILES string of the molecule is Cc1occc1-c1cc(NCc2ccc(C3CC3C)o2)n(CCO)n1. The fourth-order valence-corrected chi connectivity index (χ4v) is 3.19. The van der Waals surface area contributed by atoms with E-state index in [1.807, 2.05) is 25.1 Å². The van der Waals surface area contributed by atoms with Crippen molar-refractivity contribution in [2.75, 3.05) is 11.9 Å². The fraction of sp³-hybridized carbons (Fsp3) is 0.421. The third-order valence-corrected chi connectivity index (χ3v) is 4.83. The van der Waals surface area contributed by atoms with Gasteiger partial charge in [-0.1, -0.05) is 6.92 Å². The molecule has 4 rings (SSSR count). The Morgan fingerprint density at radius 1 is 1.36 bits per heavy atom. The maximum atomic E-state index is 9.29. The number of aliphatic hydroxyl groups is 1. The molecule has 3 aromatic rings. The number of aromatic nitrogens is 2. The van der Waals surface area contributed by atoms with E-state index in [1.54, 1.807) is 10.9 Å². The van der Waals surface area contributed by atoms with E-state index in [2.05, 4.69) is 23.4 Å². The summed E-state index contributed by atoms with van der Waals surface area (Å²) in [5, 5.41) is 17.2. The van der Waals surface area contributed by atoms with Crippen molar-refractivity contribution in [2.24, 2.45) is 5.92 Å². The molecule has 25 heavy (non-hydrogen) atoms. The van der Waals surface area contributed by atoms with Crippen LogP contribution in [0.4, 0.5) is 5.82 Å². The number of furan rings is 2. The average Bonchev–Trinajstić information content (AvgIpc) is 3.01. The van der Waals surface area contributed by atoms with Gasteiger partial charge in [-0.3, -0.25) is 0 Å². The largest absolute Gasteiger partial charge is 0.469 e. The first kappa shape index (κ1) is 16.0. The highest BCUT2D eigenvalue weighted by Crippen LogP contribution is 2.47. The third-order valence-electron chi connectivity index (χ3n) is 4.83. The molecule has 132 valence electrons. The topological polar surface area (TPSA) is 76.4 Å². The zero-order chi connectivity index (χ0) is 17.4. The van der Waals surface area contributed by atoms with E-state index in [9.17, 15) is 5.11 Å². The molecule has 2 unspecified atom stereocenters. The Morgan fingerprint density at radius 2 is 2.20 bits per heavy atom. The summed E-state index contributed by atoms with van der Waals surface area (Å²) in [6.45, 7) is 5.21. The predicted octanol–water partition coefficient (Wildman–Crippen LogP) is 3.77. The minimum Gasteiger partial charge on any atom is -0.469 e. The molecule has 1 aliphatic rings. The van der Waals surface area contributed by atoms with E-state index < -0.39 is 0 Å². The summed E-state index contributed by atoms with van der Waals surface area (Å²) in [5.41, 5.74) is 1.79. The van der Waals surface area contributed by atoms with Crippen LogP contribution in [0.3, 0.4) is 0 Å². The van der Waals surface area contributed by atoms with Crippen LogP contribution in [-0.4, -0.2) is 21.5 Å². The maximum Gasteiger partial charge on any atom is 0.125 e. The van der Waals surface area contributed by atoms with Crippen LogP contribution < -0.4 is 5.32 Å². The number of hydrogen-bond donors (Lipinski definition) is 2. The molecule has 3 aromatic heterocycles. The first-order chi connectivity index (χ1) is 12.2. The Kier molecular flexibility index (Phi) is 4.13. The minimum atomic E-state index is 0.0324. The van der Waals surface area contributed by atoms with Gasteiger partial charge in [0, 0.05) is 17.5 Å². The van der Waals surface area contributed by atoms with E-state index in [-0.39, 0.29) is 6.61 Å². The van der Waals surface area contributed by atoms with E-state index in [0.29, 0.717) is 19.0 Å². The van der Waals surface area contributed by atoms with Crippen LogP contribution in [0, 0.1) is 12.8 Å². The van der Waals surface area contributed by atoms with Crippen LogP contribution in [0.1, 0.15) is 36.5 Å². The van der Waals surface area contributed by atoms with Crippen LogP contribution in [0.25, 0.3) is 11.3 Å². The molecule has 0 radical (unpaired) electrons. The second-order valence-electron chi connectivity index (χ2n) is 6.73. The van der Waals surface area contributed by atoms with Crippen molar-refractivity contribution in [1.82, 2.24) is 9.78 Å². The van der Waals surface area contributed by atoms with Crippen molar-refractivity contribution in [1.29, 1.82) is 0 Å². The lowest BCUT2D eigenvalue weighted by Crippen LogP contribution is -2.10. The minimum absolute atomic E-state index is 0.0324. The van der Waals surface area contributed by atoms with Crippen molar-refractivity contribution >= 4 is 5.82 Å². The van der Waals surface area contributed by atoms with Gasteiger partial charge in [-0.25, -0.2) is 4.68 Å². The second kappa shape index (κ2) is 6.44. The summed E-state index contributed by atoms with van der Waals surface area (Å²) in [5.74, 6) is 5.00. The van der Waals surface area contributed by atoms with Crippen LogP contribution in [-0.2, 0) is 13.1 Å². The summed E-state index contributed by atoms with van der Waals surface area (Å²) in [4.78, 5) is 0. The molecule has 0 amide bonds. The monoisotopic (exact) mass is 341 g/mol. The molecular weight excluding hydrogens is 318 g/mol. The maximum absolute atomic E-state index is 9.29. The molecule has 1 saturated carbocycles. The Morgan fingerprint density at radius 3 is 2.88 bits per heavy atom. The fourth-order valence-electron chi connectivity index (χ4n) is 3.19. The molecule has 0 saturated heterocycles. The number of aryl methyl sites for hydroxylation is 1. The average molecular weight is 341 g/mol. The lowest BCUT2D eigenvalue weighted by atomic mass is 10.2. The third kappa shape index (κ3) is 3.22. The normalized spacial score (nSPS) is 19.3. The Labute approximate surface area is 146 Å². The van der Waals surface area contributed by atoms with E-state index in [4.69, 9.17) is 8.83 Å². The number of nitrogens with one attached hydrogen (secondary N) is 1. The predicted molar refractivity (Wildman–Crippen MR) is 94.3 cm³/mol. The van der Waals surface area contributed by atoms with Crippen molar-refractivity contribution in [3.63, 3.8) is 0 Å². The number of hydrogen-bond acceptors (Lipinski definition) is 5. The quantitative estimate of drug-likeness (QED) is 0.684. The zero-order valence-corrected chi connectivity index (χ0v) is 14.5. The van der Waals surface area contributed by atoms with Gasteiger partial charge in [0.25, 0.3) is 0 Å². The van der Waals surface area contributed by atoms with E-state index in [0.717, 1.165) is 40.3 Å².